The molecule has 3 aromatic carbocycles. The number of guanidine groups is 3. The van der Waals surface area contributed by atoms with Gasteiger partial charge in [-0.05, 0) is 71.9 Å². The Hall–Kier alpha value is -12.4. The zero-order valence-electron chi connectivity index (χ0n) is 63.5. The van der Waals surface area contributed by atoms with Gasteiger partial charge in [-0.25, -0.2) is 14.4 Å². The monoisotopic (exact) mass is 1700 g/mol. The molecule has 642 valence electrons. The molecule has 0 saturated carbocycles. The number of nitrogens with two attached hydrogens (primary N) is 6. The molecule has 0 fully saturated rings. The van der Waals surface area contributed by atoms with Crippen LogP contribution in [-0.2, 0) is 125 Å². The number of carboxylic acid groups (broad SMARTS) is 6. The average molecular weight is 1700 g/mol. The van der Waals surface area contributed by atoms with Gasteiger partial charge in [0.25, 0.3) is 0 Å². The van der Waals surface area contributed by atoms with Gasteiger partial charge in [-0.15, -0.1) is 0 Å². The molecule has 0 spiro atoms. The quantitative estimate of drug-likeness (QED) is 0.00836. The van der Waals surface area contributed by atoms with Crippen molar-refractivity contribution < 1.29 is 117 Å². The van der Waals surface area contributed by atoms with Crippen molar-refractivity contribution >= 4 is 164 Å². The molecule has 3 aromatic rings. The molecule has 45 heteroatoms. The lowest BCUT2D eigenvalue weighted by Gasteiger charge is -2.22. The number of carbonyl (C=O) groups is 18. The molecule has 9 atom stereocenters. The number of benzene rings is 3. The third-order valence-electron chi connectivity index (χ3n) is 16.5. The molecule has 0 aromatic heterocycles. The van der Waals surface area contributed by atoms with Crippen molar-refractivity contribution in [1.29, 1.82) is 0 Å². The minimum atomic E-state index is -1.55. The second-order valence-corrected chi connectivity index (χ2v) is 26.9. The van der Waals surface area contributed by atoms with Gasteiger partial charge in [0.05, 0.1) is 68.5 Å². The van der Waals surface area contributed by atoms with Crippen LogP contribution in [0.15, 0.2) is 87.8 Å². The van der Waals surface area contributed by atoms with Gasteiger partial charge < -0.3 is 113 Å². The molecular formula is C72H102N18O24S3. The smallest absolute Gasteiger partial charge is 0.327 e. The molecule has 0 aliphatic carbocycles. The summed E-state index contributed by atoms with van der Waals surface area (Å²) in [6.45, 7) is 1.57. The molecule has 0 radical (unpaired) electrons. The van der Waals surface area contributed by atoms with E-state index in [1.54, 1.807) is 72.8 Å². The highest BCUT2D eigenvalue weighted by molar-refractivity contribution is 7.80. The number of ketones is 3. The first-order valence-electron chi connectivity index (χ1n) is 35.8. The fourth-order valence-electron chi connectivity index (χ4n) is 10.5. The first-order valence-corrected chi connectivity index (χ1v) is 37.7. The summed E-state index contributed by atoms with van der Waals surface area (Å²) < 4.78 is 0. The fourth-order valence-corrected chi connectivity index (χ4v) is 11.3. The van der Waals surface area contributed by atoms with E-state index in [9.17, 15) is 96.5 Å². The number of nitrogens with one attached hydrogen (secondary N) is 9. The maximum Gasteiger partial charge on any atom is 0.327 e. The van der Waals surface area contributed by atoms with Crippen LogP contribution in [0.3, 0.4) is 0 Å². The van der Waals surface area contributed by atoms with Crippen LogP contribution in [0.4, 0.5) is 0 Å². The first kappa shape index (κ1) is 103. The fraction of sp³-hybridized carbons (Fsp3) is 0.458. The van der Waals surface area contributed by atoms with Crippen molar-refractivity contribution in [3.63, 3.8) is 0 Å². The predicted octanol–water partition coefficient (Wildman–Crippen LogP) is -4.31. The lowest BCUT2D eigenvalue weighted by molar-refractivity contribution is -0.145. The van der Waals surface area contributed by atoms with Gasteiger partial charge in [-0.3, -0.25) is 86.9 Å². The number of amides is 9. The van der Waals surface area contributed by atoms with Gasteiger partial charge in [-0.1, -0.05) is 72.8 Å². The second-order valence-electron chi connectivity index (χ2n) is 25.8. The number of nitrogens with zero attached hydrogens (tertiary/aromatic N) is 3. The maximum absolute atomic E-state index is 13.4. The average Bonchev–Trinajstić information content (AvgIpc) is 0.873. The number of Topliss-reactive ketones (excluding diaryl/α,β-unsaturated/α-hetero) is 3. The summed E-state index contributed by atoms with van der Waals surface area (Å²) in [7, 11) is 0. The Morgan fingerprint density at radius 3 is 0.829 bits per heavy atom. The summed E-state index contributed by atoms with van der Waals surface area (Å²) in [5.74, 6) is -19.2. The highest BCUT2D eigenvalue weighted by Crippen LogP contribution is 2.20. The number of hydrogen-bond acceptors (Lipinski definition) is 24. The van der Waals surface area contributed by atoms with Crippen molar-refractivity contribution in [3.8, 4) is 0 Å². The minimum Gasteiger partial charge on any atom is -0.481 e. The highest BCUT2D eigenvalue weighted by atomic mass is 32.1. The molecule has 0 aliphatic heterocycles. The van der Waals surface area contributed by atoms with Gasteiger partial charge in [-0.2, -0.15) is 37.9 Å². The molecule has 0 heterocycles. The standard InChI is InChI=1S/C26H41N9O6S.C24H34N6O8S.C22H27N3O10S/c27-25(28)32-9-1-3-18(23(39)35-20(14-42)24(40)41)12-21(37)19(4-2-10-33-26(29)30)34-22(38)11-16-5-7-17(8-6-16)13-31-15-36;25-24(26)28-7-1-2-17(29-20(33)8-14-3-5-15(6-4-14)11-27-13-31)19(32)9-16(10-21(34)35)22(36)30-18(12-39)23(37)38;26-11-23-9-13-3-1-12(2-4-13)5-18(28)24-15(8-20(31)32)17(27)6-14(7-19(29)30)21(33)25-16(10-36)22(34)35/h5-8,15,18-20,42H,1-4,9-14H2,(H,31,36)(H,34,38)(H,35,39)(H,40,41)(H4,27,28,32)(H4,29,30,33);3-6,13,16-18,39H,1-2,7-12H2,(H,27,31)(H,29,33)(H,30,36)(H,34,35)(H,37,38)(H4,25,26,28);1-4,11,14-16,36H,5-10H2,(H,23,26)(H,24,28)(H,25,33)(H,29,30)(H,31,32)(H,34,35)/t18-,19+,20+;16-,17-,18-;14-,15-,16-/m100/s1. The number of aliphatic carboxylic acids is 6. The van der Waals surface area contributed by atoms with Crippen LogP contribution >= 0.6 is 37.9 Å². The van der Waals surface area contributed by atoms with Crippen LogP contribution in [0.1, 0.15) is 110 Å². The molecule has 117 heavy (non-hydrogen) atoms. The van der Waals surface area contributed by atoms with E-state index in [2.05, 4.69) is 101 Å². The Labute approximate surface area is 687 Å². The molecule has 3 rings (SSSR count). The highest BCUT2D eigenvalue weighted by Gasteiger charge is 2.35. The lowest BCUT2D eigenvalue weighted by Crippen LogP contribution is -2.47. The second kappa shape index (κ2) is 57.6. The largest absolute Gasteiger partial charge is 0.481 e. The van der Waals surface area contributed by atoms with Crippen molar-refractivity contribution in [3.05, 3.63) is 106 Å². The summed E-state index contributed by atoms with van der Waals surface area (Å²) >= 11 is 11.6. The van der Waals surface area contributed by atoms with Crippen LogP contribution in [-0.4, -0.2) is 230 Å². The third kappa shape index (κ3) is 45.9. The maximum atomic E-state index is 13.4. The number of aliphatic imine (C=N–C) groups is 3. The topological polar surface area (TPSA) is 730 Å². The van der Waals surface area contributed by atoms with Crippen LogP contribution < -0.4 is 82.3 Å². The Balaban J connectivity index is 0.000000880. The normalized spacial score (nSPS) is 12.7. The summed E-state index contributed by atoms with van der Waals surface area (Å²) in [6, 6.07) is 12.9. The molecule has 42 nitrogen and oxygen atoms in total. The Kier molecular flexibility index (Phi) is 50.5. The van der Waals surface area contributed by atoms with Crippen LogP contribution in [0, 0.1) is 17.8 Å². The van der Waals surface area contributed by atoms with E-state index in [0.29, 0.717) is 68.3 Å². The minimum absolute atomic E-state index is 0.0102. The van der Waals surface area contributed by atoms with E-state index in [0.717, 1.165) is 16.7 Å². The summed E-state index contributed by atoms with van der Waals surface area (Å²) in [6.07, 6.45) is -0.991. The van der Waals surface area contributed by atoms with Crippen molar-refractivity contribution in [2.75, 3.05) is 36.9 Å². The molecule has 0 bridgehead atoms. The Morgan fingerprint density at radius 1 is 0.325 bits per heavy atom. The molecule has 0 unspecified atom stereocenters. The van der Waals surface area contributed by atoms with Gasteiger partial charge >= 0.3 is 35.8 Å². The molecule has 0 saturated heterocycles. The van der Waals surface area contributed by atoms with Crippen LogP contribution in [0.25, 0.3) is 0 Å². The summed E-state index contributed by atoms with van der Waals surface area (Å²) in [5.41, 5.74) is 36.4. The van der Waals surface area contributed by atoms with Crippen LogP contribution in [0.2, 0.25) is 0 Å². The summed E-state index contributed by atoms with van der Waals surface area (Å²) in [5, 5.41) is 76.9. The van der Waals surface area contributed by atoms with E-state index in [1.165, 1.54) is 0 Å². The number of thiol groups is 3. The van der Waals surface area contributed by atoms with Gasteiger partial charge in [0.15, 0.2) is 35.2 Å². The van der Waals surface area contributed by atoms with Crippen LogP contribution in [0.5, 0.6) is 0 Å². The van der Waals surface area contributed by atoms with Gasteiger partial charge in [0.2, 0.25) is 54.7 Å². The van der Waals surface area contributed by atoms with Crippen molar-refractivity contribution in [2.24, 2.45) is 67.1 Å². The van der Waals surface area contributed by atoms with E-state index in [1.807, 2.05) is 0 Å². The van der Waals surface area contributed by atoms with Crippen molar-refractivity contribution in [1.82, 2.24) is 47.9 Å². The van der Waals surface area contributed by atoms with Gasteiger partial charge in [0.1, 0.15) is 18.1 Å². The predicted molar refractivity (Wildman–Crippen MR) is 431 cm³/mol. The number of rotatable bonds is 57. The number of carbonyl (C=O) groups excluding carboxylic acids is 12. The molecule has 0 aliphatic rings. The third-order valence-corrected chi connectivity index (χ3v) is 17.6. The zero-order valence-corrected chi connectivity index (χ0v) is 66.2. The number of carboxylic acids is 6. The van der Waals surface area contributed by atoms with E-state index >= 15 is 0 Å². The Bertz CT molecular complexity index is 3920. The lowest BCUT2D eigenvalue weighted by atomic mass is 9.91. The first-order chi connectivity index (χ1) is 55.4. The summed E-state index contributed by atoms with van der Waals surface area (Å²) in [4.78, 5) is 226. The molecule has 9 amide bonds. The van der Waals surface area contributed by atoms with E-state index in [-0.39, 0.29) is 106 Å². The van der Waals surface area contributed by atoms with Gasteiger partial charge in [0, 0.05) is 81.7 Å². The SMILES string of the molecule is NC(N)=NCCC[C@H](CC(=O)[C@H](CCCN=C(N)N)NC(=O)Cc1ccc(CNC=O)cc1)C(=O)N[C@@H](CS)C(=O)O.NC(N)=NCCC[C@H](NC(=O)Cc1ccc(CNC=O)cc1)C(=O)C[C@@H](CC(=O)O)C(=O)N[C@@H](CS)C(=O)O.O=CNCc1ccc(CC(=O)N[C@@H](CC(=O)O)C(=O)C[C@@H](CC(=O)O)C(=O)N[C@@H](CS)C(=O)O)cc1. The van der Waals surface area contributed by atoms with E-state index < -0.39 is 175 Å². The Morgan fingerprint density at radius 2 is 0.573 bits per heavy atom. The number of hydrogen-bond donors (Lipinski definition) is 24. The van der Waals surface area contributed by atoms with Crippen molar-refractivity contribution in [2.45, 2.75) is 152 Å². The zero-order chi connectivity index (χ0) is 88.1. The molecular weight excluding hydrogens is 1600 g/mol. The molecule has 27 N–H and O–H groups in total. The van der Waals surface area contributed by atoms with E-state index in [4.69, 9.17) is 54.8 Å².